The maximum absolute atomic E-state index is 15.0. The molecule has 11 aromatic rings. The van der Waals surface area contributed by atoms with Crippen LogP contribution in [-0.2, 0) is 6.18 Å². The van der Waals surface area contributed by atoms with E-state index in [1.165, 1.54) is 56.6 Å². The SMILES string of the molecule is Cc1cc(C)c(-c2ccc3c(c2)c2ccccc2n3-c2ccc(C#N)c(-c3cc(-c4ccc(C#N)cc4C(F)(F)F)ccc3-n3c4ccccc4c4cc(-c5c(C)cc(C)cc5C)ccc43)c2)c(C)c1. The number of hydrogen-bond acceptors (Lipinski definition) is 2. The first-order valence-electron chi connectivity index (χ1n) is 23.3. The normalized spacial score (nSPS) is 11.8. The van der Waals surface area contributed by atoms with Crippen molar-refractivity contribution in [2.45, 2.75) is 47.7 Å². The van der Waals surface area contributed by atoms with E-state index in [0.29, 0.717) is 27.9 Å². The summed E-state index contributed by atoms with van der Waals surface area (Å²) in [5.41, 5.74) is 17.7. The lowest BCUT2D eigenvalue weighted by atomic mass is 9.91. The summed E-state index contributed by atoms with van der Waals surface area (Å²) in [5.74, 6) is 0. The number of para-hydroxylation sites is 2. The molecule has 0 aliphatic rings. The van der Waals surface area contributed by atoms with E-state index in [1.54, 1.807) is 12.1 Å². The van der Waals surface area contributed by atoms with Crippen LogP contribution in [0, 0.1) is 64.2 Å². The highest BCUT2D eigenvalue weighted by molar-refractivity contribution is 6.12. The minimum Gasteiger partial charge on any atom is -0.309 e. The van der Waals surface area contributed by atoms with Gasteiger partial charge in [-0.1, -0.05) is 96.1 Å². The Morgan fingerprint density at radius 1 is 0.414 bits per heavy atom. The van der Waals surface area contributed by atoms with Gasteiger partial charge in [0.05, 0.1) is 56.6 Å². The fraction of sp³-hybridized carbons (Fsp3) is 0.111. The van der Waals surface area contributed by atoms with Crippen LogP contribution in [-0.4, -0.2) is 9.13 Å². The molecule has 11 rings (SSSR count). The minimum absolute atomic E-state index is 0.0677. The topological polar surface area (TPSA) is 57.4 Å². The fourth-order valence-corrected chi connectivity index (χ4v) is 11.3. The molecule has 0 bridgehead atoms. The Balaban J connectivity index is 1.19. The zero-order chi connectivity index (χ0) is 48.7. The van der Waals surface area contributed by atoms with Crippen LogP contribution in [0.1, 0.15) is 50.1 Å². The molecular formula is C63H45F3N4. The first-order chi connectivity index (χ1) is 33.7. The maximum Gasteiger partial charge on any atom is 0.417 e. The average Bonchev–Trinajstić information content (AvgIpc) is 3.85. The first kappa shape index (κ1) is 43.9. The van der Waals surface area contributed by atoms with Crippen molar-refractivity contribution in [2.24, 2.45) is 0 Å². The number of hydrogen-bond donors (Lipinski definition) is 0. The molecule has 338 valence electrons. The van der Waals surface area contributed by atoms with E-state index in [1.807, 2.05) is 54.6 Å². The predicted octanol–water partition coefficient (Wildman–Crippen LogP) is 17.2. The van der Waals surface area contributed by atoms with Gasteiger partial charge in [0.15, 0.2) is 0 Å². The highest BCUT2D eigenvalue weighted by atomic mass is 19.4. The Morgan fingerprint density at radius 2 is 0.929 bits per heavy atom. The van der Waals surface area contributed by atoms with Gasteiger partial charge in [-0.15, -0.1) is 0 Å². The molecule has 0 atom stereocenters. The third kappa shape index (κ3) is 7.13. The van der Waals surface area contributed by atoms with Crippen LogP contribution < -0.4 is 0 Å². The molecule has 0 saturated carbocycles. The third-order valence-corrected chi connectivity index (χ3v) is 14.0. The number of alkyl halides is 3. The molecule has 0 aliphatic heterocycles. The molecule has 0 fully saturated rings. The van der Waals surface area contributed by atoms with E-state index >= 15 is 0 Å². The lowest BCUT2D eigenvalue weighted by molar-refractivity contribution is -0.137. The maximum atomic E-state index is 15.0. The molecule has 0 radical (unpaired) electrons. The van der Waals surface area contributed by atoms with Gasteiger partial charge < -0.3 is 9.13 Å². The van der Waals surface area contributed by atoms with E-state index in [9.17, 15) is 23.7 Å². The molecule has 0 aliphatic carbocycles. The Labute approximate surface area is 404 Å². The van der Waals surface area contributed by atoms with Crippen molar-refractivity contribution >= 4 is 43.6 Å². The van der Waals surface area contributed by atoms with Crippen molar-refractivity contribution < 1.29 is 13.2 Å². The zero-order valence-electron chi connectivity index (χ0n) is 39.5. The van der Waals surface area contributed by atoms with Gasteiger partial charge in [0.2, 0.25) is 0 Å². The Bertz CT molecular complexity index is 4050. The van der Waals surface area contributed by atoms with Gasteiger partial charge in [-0.05, 0) is 176 Å². The molecule has 9 aromatic carbocycles. The standard InChI is InChI=1S/C63H45F3N4/c1-36-25-38(3)61(39(4)26-36)44-18-23-58-52(31-44)49-11-7-9-13-56(49)69(58)47-20-16-46(35-68)51(33-47)54-30-43(48-21-15-42(34-67)29-55(48)63(64,65)66)17-22-60(54)70-57-14-10-8-12-50(57)53-32-45(19-24-59(53)70)62-40(5)27-37(2)28-41(62)6/h7-33H,1-6H3. The molecule has 0 amide bonds. The first-order valence-corrected chi connectivity index (χ1v) is 23.3. The number of aryl methyl sites for hydroxylation is 6. The van der Waals surface area contributed by atoms with Crippen LogP contribution >= 0.6 is 0 Å². The summed E-state index contributed by atoms with van der Waals surface area (Å²) in [7, 11) is 0. The number of rotatable bonds is 6. The van der Waals surface area contributed by atoms with Crippen LogP contribution in [0.2, 0.25) is 0 Å². The second-order valence-corrected chi connectivity index (χ2v) is 18.7. The minimum atomic E-state index is -4.75. The predicted molar refractivity (Wildman–Crippen MR) is 280 cm³/mol. The monoisotopic (exact) mass is 914 g/mol. The van der Waals surface area contributed by atoms with Gasteiger partial charge in [-0.3, -0.25) is 0 Å². The van der Waals surface area contributed by atoms with Gasteiger partial charge in [-0.2, -0.15) is 23.7 Å². The summed E-state index contributed by atoms with van der Waals surface area (Å²) in [5, 5.41) is 24.8. The quantitative estimate of drug-likeness (QED) is 0.167. The van der Waals surface area contributed by atoms with Gasteiger partial charge in [0.1, 0.15) is 0 Å². The largest absolute Gasteiger partial charge is 0.417 e. The Morgan fingerprint density at radius 3 is 1.47 bits per heavy atom. The lowest BCUT2D eigenvalue weighted by Gasteiger charge is -2.20. The number of halogens is 3. The smallest absolute Gasteiger partial charge is 0.309 e. The van der Waals surface area contributed by atoms with Crippen LogP contribution in [0.25, 0.3) is 99.5 Å². The van der Waals surface area contributed by atoms with Crippen molar-refractivity contribution in [3.05, 3.63) is 214 Å². The molecular weight excluding hydrogens is 870 g/mol. The Kier molecular flexibility index (Phi) is 10.4. The highest BCUT2D eigenvalue weighted by Gasteiger charge is 2.34. The average molecular weight is 915 g/mol. The van der Waals surface area contributed by atoms with Crippen molar-refractivity contribution in [1.29, 1.82) is 10.5 Å². The number of aromatic nitrogens is 2. The zero-order valence-corrected chi connectivity index (χ0v) is 39.5. The fourth-order valence-electron chi connectivity index (χ4n) is 11.3. The highest BCUT2D eigenvalue weighted by Crippen LogP contribution is 2.45. The molecule has 0 spiro atoms. The van der Waals surface area contributed by atoms with Gasteiger partial charge in [-0.25, -0.2) is 0 Å². The summed E-state index contributed by atoms with van der Waals surface area (Å²) in [6, 6.07) is 57.4. The molecule has 0 N–H and O–H groups in total. The van der Waals surface area contributed by atoms with Crippen LogP contribution in [0.4, 0.5) is 13.2 Å². The van der Waals surface area contributed by atoms with Gasteiger partial charge in [0.25, 0.3) is 0 Å². The molecule has 70 heavy (non-hydrogen) atoms. The molecule has 7 heteroatoms. The van der Waals surface area contributed by atoms with E-state index in [-0.39, 0.29) is 11.1 Å². The number of nitrogens with zero attached hydrogens (tertiary/aromatic N) is 4. The number of fused-ring (bicyclic) bond motifs is 6. The molecule has 2 heterocycles. The van der Waals surface area contributed by atoms with E-state index < -0.39 is 11.7 Å². The second kappa shape index (κ2) is 16.5. The molecule has 2 aromatic heterocycles. The van der Waals surface area contributed by atoms with E-state index in [0.717, 1.165) is 66.5 Å². The molecule has 0 unspecified atom stereocenters. The Hall–Kier alpha value is -8.65. The van der Waals surface area contributed by atoms with Crippen molar-refractivity contribution in [1.82, 2.24) is 9.13 Å². The lowest BCUT2D eigenvalue weighted by Crippen LogP contribution is -2.08. The molecule has 4 nitrogen and oxygen atoms in total. The van der Waals surface area contributed by atoms with Crippen molar-refractivity contribution in [2.75, 3.05) is 0 Å². The van der Waals surface area contributed by atoms with Crippen molar-refractivity contribution in [3.8, 4) is 68.0 Å². The summed E-state index contributed by atoms with van der Waals surface area (Å²) in [6.07, 6.45) is -4.75. The second-order valence-electron chi connectivity index (χ2n) is 18.7. The van der Waals surface area contributed by atoms with Crippen LogP contribution in [0.3, 0.4) is 0 Å². The summed E-state index contributed by atoms with van der Waals surface area (Å²) in [6.45, 7) is 12.8. The number of benzene rings is 9. The summed E-state index contributed by atoms with van der Waals surface area (Å²) < 4.78 is 49.2. The van der Waals surface area contributed by atoms with Crippen molar-refractivity contribution in [3.63, 3.8) is 0 Å². The van der Waals surface area contributed by atoms with E-state index in [4.69, 9.17) is 0 Å². The van der Waals surface area contributed by atoms with Crippen LogP contribution in [0.15, 0.2) is 164 Å². The summed E-state index contributed by atoms with van der Waals surface area (Å²) >= 11 is 0. The van der Waals surface area contributed by atoms with Crippen LogP contribution in [0.5, 0.6) is 0 Å². The molecule has 0 saturated heterocycles. The van der Waals surface area contributed by atoms with Gasteiger partial charge in [0, 0.05) is 38.4 Å². The van der Waals surface area contributed by atoms with Gasteiger partial charge >= 0.3 is 6.18 Å². The van der Waals surface area contributed by atoms with E-state index in [2.05, 4.69) is 142 Å². The summed E-state index contributed by atoms with van der Waals surface area (Å²) in [4.78, 5) is 0. The third-order valence-electron chi connectivity index (χ3n) is 14.0. The number of nitriles is 2.